The van der Waals surface area contributed by atoms with E-state index in [0.717, 1.165) is 0 Å². The molecule has 2 aliphatic rings. The molecule has 2 aromatic rings. The topological polar surface area (TPSA) is 94.9 Å². The fourth-order valence-electron chi connectivity index (χ4n) is 4.30. The summed E-state index contributed by atoms with van der Waals surface area (Å²) >= 11 is 0. The van der Waals surface area contributed by atoms with E-state index in [1.54, 1.807) is 36.0 Å². The standard InChI is InChI=1S/C26H33FN4O5/c1-16(2)11-20(31-14-18(12-23(31)32)35-21-8-6-7-17(3)24(21)27)25(33)28-22-9-10-30(29-22)13-19-15-34-26(4,5)36-19/h6-10,12,16,19-20H,11,13-15H2,1-5H3,(H,28,29,33)/t19-,20+/m1/s1. The van der Waals surface area contributed by atoms with Gasteiger partial charge in [-0.15, -0.1) is 0 Å². The predicted molar refractivity (Wildman–Crippen MR) is 131 cm³/mol. The van der Waals surface area contributed by atoms with Crippen molar-refractivity contribution < 1.29 is 28.2 Å². The van der Waals surface area contributed by atoms with E-state index in [-0.39, 0.29) is 41.9 Å². The minimum absolute atomic E-state index is 0.0475. The number of carbonyl (C=O) groups excluding carboxylic acids is 2. The molecule has 2 amide bonds. The number of nitrogens with one attached hydrogen (secondary N) is 1. The summed E-state index contributed by atoms with van der Waals surface area (Å²) in [5.74, 6) is -0.940. The molecule has 10 heteroatoms. The van der Waals surface area contributed by atoms with Gasteiger partial charge in [-0.25, -0.2) is 4.39 Å². The fraction of sp³-hybridized carbons (Fsp3) is 0.500. The van der Waals surface area contributed by atoms with Crippen LogP contribution < -0.4 is 10.1 Å². The first-order valence-corrected chi connectivity index (χ1v) is 12.1. The number of benzene rings is 1. The molecule has 2 aliphatic heterocycles. The van der Waals surface area contributed by atoms with Crippen LogP contribution in [0, 0.1) is 18.7 Å². The number of anilines is 1. The summed E-state index contributed by atoms with van der Waals surface area (Å²) in [5.41, 5.74) is 0.446. The number of nitrogens with zero attached hydrogens (tertiary/aromatic N) is 3. The summed E-state index contributed by atoms with van der Waals surface area (Å²) in [6, 6.07) is 5.79. The molecule has 1 fully saturated rings. The lowest BCUT2D eigenvalue weighted by Gasteiger charge is -2.28. The van der Waals surface area contributed by atoms with Crippen molar-refractivity contribution in [2.24, 2.45) is 5.92 Å². The SMILES string of the molecule is Cc1cccc(OC2=CC(=O)N([C@@H](CC(C)C)C(=O)Nc3ccn(C[C@@H]4COC(C)(C)O4)n3)C2)c1F. The molecule has 0 spiro atoms. The van der Waals surface area contributed by atoms with Crippen LogP contribution in [-0.2, 0) is 25.6 Å². The quantitative estimate of drug-likeness (QED) is 0.565. The first kappa shape index (κ1) is 25.8. The summed E-state index contributed by atoms with van der Waals surface area (Å²) in [7, 11) is 0. The van der Waals surface area contributed by atoms with Crippen molar-refractivity contribution >= 4 is 17.6 Å². The van der Waals surface area contributed by atoms with Crippen molar-refractivity contribution in [2.45, 2.75) is 65.5 Å². The number of ether oxygens (including phenoxy) is 3. The van der Waals surface area contributed by atoms with Gasteiger partial charge < -0.3 is 24.4 Å². The second kappa shape index (κ2) is 10.4. The molecule has 194 valence electrons. The first-order valence-electron chi connectivity index (χ1n) is 12.1. The van der Waals surface area contributed by atoms with Gasteiger partial charge in [0.1, 0.15) is 17.9 Å². The third-order valence-electron chi connectivity index (χ3n) is 6.01. The molecular formula is C26H33FN4O5. The van der Waals surface area contributed by atoms with Gasteiger partial charge >= 0.3 is 0 Å². The Morgan fingerprint density at radius 3 is 2.81 bits per heavy atom. The minimum atomic E-state index is -0.741. The summed E-state index contributed by atoms with van der Waals surface area (Å²) in [6.45, 7) is 10.3. The van der Waals surface area contributed by atoms with Crippen LogP contribution in [0.15, 0.2) is 42.3 Å². The molecule has 0 radical (unpaired) electrons. The number of amides is 2. The molecular weight excluding hydrogens is 467 g/mol. The highest BCUT2D eigenvalue weighted by molar-refractivity contribution is 5.99. The summed E-state index contributed by atoms with van der Waals surface area (Å²) < 4.78 is 33.1. The van der Waals surface area contributed by atoms with E-state index >= 15 is 0 Å². The van der Waals surface area contributed by atoms with Gasteiger partial charge in [0.2, 0.25) is 5.91 Å². The van der Waals surface area contributed by atoms with Crippen molar-refractivity contribution in [1.82, 2.24) is 14.7 Å². The maximum absolute atomic E-state index is 14.4. The summed E-state index contributed by atoms with van der Waals surface area (Å²) in [5, 5.41) is 7.25. The lowest BCUT2D eigenvalue weighted by atomic mass is 10.0. The predicted octanol–water partition coefficient (Wildman–Crippen LogP) is 3.64. The van der Waals surface area contributed by atoms with Gasteiger partial charge in [0.25, 0.3) is 5.91 Å². The molecule has 1 aromatic carbocycles. The lowest BCUT2D eigenvalue weighted by molar-refractivity contribution is -0.139. The van der Waals surface area contributed by atoms with E-state index < -0.39 is 17.6 Å². The van der Waals surface area contributed by atoms with Crippen LogP contribution in [0.1, 0.15) is 39.7 Å². The Morgan fingerprint density at radius 1 is 1.33 bits per heavy atom. The van der Waals surface area contributed by atoms with Gasteiger partial charge in [0.15, 0.2) is 23.2 Å². The zero-order chi connectivity index (χ0) is 26.0. The molecule has 9 nitrogen and oxygen atoms in total. The van der Waals surface area contributed by atoms with Crippen molar-refractivity contribution in [3.05, 3.63) is 53.7 Å². The Morgan fingerprint density at radius 2 is 2.11 bits per heavy atom. The highest BCUT2D eigenvalue weighted by Gasteiger charge is 2.36. The van der Waals surface area contributed by atoms with Gasteiger partial charge in [0, 0.05) is 18.3 Å². The van der Waals surface area contributed by atoms with E-state index in [9.17, 15) is 14.0 Å². The Labute approximate surface area is 210 Å². The Hall–Kier alpha value is -3.24. The van der Waals surface area contributed by atoms with Crippen LogP contribution in [0.3, 0.4) is 0 Å². The molecule has 0 unspecified atom stereocenters. The third-order valence-corrected chi connectivity index (χ3v) is 6.01. The zero-order valence-corrected chi connectivity index (χ0v) is 21.3. The average molecular weight is 501 g/mol. The highest BCUT2D eigenvalue weighted by Crippen LogP contribution is 2.27. The van der Waals surface area contributed by atoms with E-state index in [4.69, 9.17) is 14.2 Å². The van der Waals surface area contributed by atoms with Crippen LogP contribution in [0.2, 0.25) is 0 Å². The van der Waals surface area contributed by atoms with Crippen LogP contribution in [-0.4, -0.2) is 57.6 Å². The normalized spacial score (nSPS) is 20.1. The van der Waals surface area contributed by atoms with Gasteiger partial charge in [-0.3, -0.25) is 14.3 Å². The van der Waals surface area contributed by atoms with Gasteiger partial charge in [0.05, 0.1) is 19.7 Å². The van der Waals surface area contributed by atoms with Crippen molar-refractivity contribution in [1.29, 1.82) is 0 Å². The number of hydrogen-bond donors (Lipinski definition) is 1. The van der Waals surface area contributed by atoms with Crippen molar-refractivity contribution in [3.8, 4) is 5.75 Å². The van der Waals surface area contributed by atoms with Gasteiger partial charge in [-0.2, -0.15) is 5.10 Å². The van der Waals surface area contributed by atoms with Crippen LogP contribution >= 0.6 is 0 Å². The van der Waals surface area contributed by atoms with E-state index in [0.29, 0.717) is 31.0 Å². The molecule has 0 saturated carbocycles. The largest absolute Gasteiger partial charge is 0.457 e. The molecule has 4 rings (SSSR count). The zero-order valence-electron chi connectivity index (χ0n) is 21.3. The number of carbonyl (C=O) groups is 2. The Kier molecular flexibility index (Phi) is 7.46. The summed E-state index contributed by atoms with van der Waals surface area (Å²) in [6.07, 6.45) is 3.37. The monoisotopic (exact) mass is 500 g/mol. The second-order valence-corrected chi connectivity index (χ2v) is 10.1. The smallest absolute Gasteiger partial charge is 0.251 e. The first-order chi connectivity index (χ1) is 17.0. The van der Waals surface area contributed by atoms with Crippen LogP contribution in [0.5, 0.6) is 5.75 Å². The van der Waals surface area contributed by atoms with Crippen molar-refractivity contribution in [3.63, 3.8) is 0 Å². The molecule has 36 heavy (non-hydrogen) atoms. The molecule has 0 aliphatic carbocycles. The highest BCUT2D eigenvalue weighted by atomic mass is 19.1. The minimum Gasteiger partial charge on any atom is -0.457 e. The lowest BCUT2D eigenvalue weighted by Crippen LogP contribution is -2.46. The number of halogens is 1. The Bertz CT molecular complexity index is 1160. The maximum atomic E-state index is 14.4. The number of hydrogen-bond acceptors (Lipinski definition) is 6. The van der Waals surface area contributed by atoms with Crippen molar-refractivity contribution in [2.75, 3.05) is 18.5 Å². The summed E-state index contributed by atoms with van der Waals surface area (Å²) in [4.78, 5) is 27.5. The second-order valence-electron chi connectivity index (χ2n) is 10.1. The number of aromatic nitrogens is 2. The van der Waals surface area contributed by atoms with Crippen LogP contribution in [0.25, 0.3) is 0 Å². The molecule has 2 atom stereocenters. The van der Waals surface area contributed by atoms with E-state index in [1.165, 1.54) is 17.0 Å². The maximum Gasteiger partial charge on any atom is 0.251 e. The molecule has 3 heterocycles. The third kappa shape index (κ3) is 6.11. The molecule has 1 saturated heterocycles. The average Bonchev–Trinajstić information content (AvgIpc) is 3.48. The van der Waals surface area contributed by atoms with E-state index in [1.807, 2.05) is 27.7 Å². The van der Waals surface area contributed by atoms with Gasteiger partial charge in [-0.05, 0) is 44.7 Å². The fourth-order valence-corrected chi connectivity index (χ4v) is 4.30. The Balaban J connectivity index is 1.40. The molecule has 0 bridgehead atoms. The van der Waals surface area contributed by atoms with Gasteiger partial charge in [-0.1, -0.05) is 26.0 Å². The van der Waals surface area contributed by atoms with E-state index in [2.05, 4.69) is 10.4 Å². The number of aryl methyl sites for hydroxylation is 1. The molecule has 1 N–H and O–H groups in total. The van der Waals surface area contributed by atoms with Crippen LogP contribution in [0.4, 0.5) is 10.2 Å². The number of rotatable bonds is 9. The molecule has 1 aromatic heterocycles.